The van der Waals surface area contributed by atoms with E-state index in [2.05, 4.69) is 41.9 Å². The average Bonchev–Trinajstić information content (AvgIpc) is 3.43. The van der Waals surface area contributed by atoms with Crippen molar-refractivity contribution in [2.45, 2.75) is 20.8 Å². The predicted molar refractivity (Wildman–Crippen MR) is 126 cm³/mol. The van der Waals surface area contributed by atoms with E-state index in [1.54, 1.807) is 30.2 Å². The number of methoxy groups -OCH3 is 2. The standard InChI is InChI=1S/C22H26N6O2S/c1-22(2,3)19-18(23-16-10-11-17(31-16)27(4)5)21-25-24-20(28(21)26-19)14-12-13(29-6)8-9-15(14)30-7/h8-12H,1-7H3/b23-18-. The lowest BCUT2D eigenvalue weighted by Gasteiger charge is -2.17. The molecular weight excluding hydrogens is 412 g/mol. The molecule has 0 atom stereocenters. The van der Waals surface area contributed by atoms with Gasteiger partial charge in [0.25, 0.3) is 0 Å². The van der Waals surface area contributed by atoms with Gasteiger partial charge in [-0.15, -0.1) is 10.2 Å². The quantitative estimate of drug-likeness (QED) is 0.587. The number of ether oxygens (including phenoxy) is 2. The molecular formula is C22H26N6O2S. The Morgan fingerprint density at radius 2 is 1.74 bits per heavy atom. The molecule has 1 aromatic carbocycles. The van der Waals surface area contributed by atoms with E-state index in [9.17, 15) is 0 Å². The summed E-state index contributed by atoms with van der Waals surface area (Å²) in [6.07, 6.45) is 0. The van der Waals surface area contributed by atoms with Crippen LogP contribution in [0.1, 0.15) is 26.6 Å². The molecule has 0 spiro atoms. The smallest absolute Gasteiger partial charge is 0.205 e. The van der Waals surface area contributed by atoms with E-state index in [1.165, 1.54) is 0 Å². The highest BCUT2D eigenvalue weighted by molar-refractivity contribution is 7.19. The molecule has 31 heavy (non-hydrogen) atoms. The van der Waals surface area contributed by atoms with Gasteiger partial charge in [-0.05, 0) is 30.3 Å². The van der Waals surface area contributed by atoms with E-state index in [4.69, 9.17) is 19.6 Å². The first-order valence-electron chi connectivity index (χ1n) is 9.86. The predicted octanol–water partition coefficient (Wildman–Crippen LogP) is 4.47. The van der Waals surface area contributed by atoms with Crippen LogP contribution in [0.4, 0.5) is 10.0 Å². The van der Waals surface area contributed by atoms with Crippen LogP contribution < -0.4 is 14.4 Å². The van der Waals surface area contributed by atoms with Crippen LogP contribution in [0.15, 0.2) is 40.4 Å². The summed E-state index contributed by atoms with van der Waals surface area (Å²) in [4.78, 5) is 7.00. The second-order valence-electron chi connectivity index (χ2n) is 8.39. The molecule has 0 aliphatic carbocycles. The fourth-order valence-corrected chi connectivity index (χ4v) is 4.07. The maximum absolute atomic E-state index is 5.55. The third-order valence-electron chi connectivity index (χ3n) is 4.88. The topological polar surface area (TPSA) is 77.1 Å². The monoisotopic (exact) mass is 438 g/mol. The summed E-state index contributed by atoms with van der Waals surface area (Å²) in [5.74, 6) is 2.57. The lowest BCUT2D eigenvalue weighted by molar-refractivity contribution is 0.404. The van der Waals surface area contributed by atoms with Crippen LogP contribution in [0.25, 0.3) is 11.4 Å². The van der Waals surface area contributed by atoms with Gasteiger partial charge in [-0.1, -0.05) is 32.1 Å². The average molecular weight is 439 g/mol. The molecule has 3 heterocycles. The molecule has 3 aromatic rings. The largest absolute Gasteiger partial charge is 0.497 e. The molecule has 4 rings (SSSR count). The molecule has 0 radical (unpaired) electrons. The highest BCUT2D eigenvalue weighted by Crippen LogP contribution is 2.37. The van der Waals surface area contributed by atoms with Gasteiger partial charge in [-0.2, -0.15) is 9.78 Å². The molecule has 1 aliphatic rings. The van der Waals surface area contributed by atoms with Crippen molar-refractivity contribution in [2.24, 2.45) is 15.5 Å². The van der Waals surface area contributed by atoms with Crippen molar-refractivity contribution in [2.75, 3.05) is 33.2 Å². The summed E-state index contributed by atoms with van der Waals surface area (Å²) >= 11 is 1.62. The molecule has 8 nitrogen and oxygen atoms in total. The normalized spacial score (nSPS) is 14.5. The Balaban J connectivity index is 1.87. The van der Waals surface area contributed by atoms with Crippen LogP contribution in [0.3, 0.4) is 0 Å². The zero-order chi connectivity index (χ0) is 22.3. The Labute approximate surface area is 185 Å². The highest BCUT2D eigenvalue weighted by atomic mass is 32.1. The van der Waals surface area contributed by atoms with Crippen molar-refractivity contribution < 1.29 is 9.47 Å². The molecule has 0 saturated carbocycles. The van der Waals surface area contributed by atoms with Crippen molar-refractivity contribution in [1.29, 1.82) is 0 Å². The van der Waals surface area contributed by atoms with E-state index >= 15 is 0 Å². The number of fused-ring (bicyclic) bond motifs is 1. The van der Waals surface area contributed by atoms with E-state index < -0.39 is 0 Å². The number of benzene rings is 1. The van der Waals surface area contributed by atoms with Crippen molar-refractivity contribution in [1.82, 2.24) is 14.9 Å². The summed E-state index contributed by atoms with van der Waals surface area (Å²) < 4.78 is 12.7. The lowest BCUT2D eigenvalue weighted by Crippen LogP contribution is -2.27. The maximum atomic E-state index is 5.55. The first-order chi connectivity index (χ1) is 14.7. The third kappa shape index (κ3) is 3.81. The molecule has 0 unspecified atom stereocenters. The maximum Gasteiger partial charge on any atom is 0.205 e. The Hall–Kier alpha value is -3.20. The summed E-state index contributed by atoms with van der Waals surface area (Å²) in [6, 6.07) is 9.64. The molecule has 0 amide bonds. The fraction of sp³-hybridized carbons (Fsp3) is 0.364. The molecule has 9 heteroatoms. The Bertz CT molecular complexity index is 1180. The number of hydrogen-bond donors (Lipinski definition) is 0. The Morgan fingerprint density at radius 3 is 2.35 bits per heavy atom. The minimum atomic E-state index is -0.225. The van der Waals surface area contributed by atoms with Crippen LogP contribution in [0.5, 0.6) is 11.5 Å². The summed E-state index contributed by atoms with van der Waals surface area (Å²) in [5, 5.41) is 15.8. The van der Waals surface area contributed by atoms with Gasteiger partial charge >= 0.3 is 0 Å². The van der Waals surface area contributed by atoms with Crippen LogP contribution in [-0.2, 0) is 0 Å². The number of anilines is 1. The number of hydrogen-bond acceptors (Lipinski definition) is 8. The van der Waals surface area contributed by atoms with E-state index in [0.29, 0.717) is 23.1 Å². The molecule has 162 valence electrons. The van der Waals surface area contributed by atoms with Crippen LogP contribution in [-0.4, -0.2) is 54.6 Å². The first kappa shape index (κ1) is 21.0. The third-order valence-corrected chi connectivity index (χ3v) is 6.02. The fourth-order valence-electron chi connectivity index (χ4n) is 3.27. The zero-order valence-corrected chi connectivity index (χ0v) is 19.6. The highest BCUT2D eigenvalue weighted by Gasteiger charge is 2.36. The number of aromatic nitrogens is 3. The van der Waals surface area contributed by atoms with Gasteiger partial charge in [0.2, 0.25) is 5.82 Å². The van der Waals surface area contributed by atoms with Crippen LogP contribution in [0.2, 0.25) is 0 Å². The summed E-state index contributed by atoms with van der Waals surface area (Å²) in [7, 11) is 7.29. The minimum Gasteiger partial charge on any atom is -0.497 e. The molecule has 1 aliphatic heterocycles. The van der Waals surface area contributed by atoms with Crippen molar-refractivity contribution >= 4 is 32.8 Å². The SMILES string of the molecule is COc1ccc(OC)c(-c2nnc3n2N=C(C(C)(C)C)/C3=N/c2ccc(N(C)C)s2)c1. The van der Waals surface area contributed by atoms with Gasteiger partial charge < -0.3 is 14.4 Å². The molecule has 0 bridgehead atoms. The first-order valence-corrected chi connectivity index (χ1v) is 10.7. The molecule has 0 fully saturated rings. The zero-order valence-electron chi connectivity index (χ0n) is 18.8. The summed E-state index contributed by atoms with van der Waals surface area (Å²) in [5.41, 5.74) is 2.13. The Morgan fingerprint density at radius 1 is 1.00 bits per heavy atom. The number of rotatable bonds is 5. The van der Waals surface area contributed by atoms with Gasteiger partial charge in [0.15, 0.2) is 5.82 Å². The van der Waals surface area contributed by atoms with Crippen molar-refractivity contribution in [3.05, 3.63) is 36.2 Å². The second-order valence-corrected chi connectivity index (χ2v) is 9.43. The van der Waals surface area contributed by atoms with Gasteiger partial charge in [0.1, 0.15) is 22.2 Å². The van der Waals surface area contributed by atoms with E-state index in [-0.39, 0.29) is 5.41 Å². The minimum absolute atomic E-state index is 0.225. The van der Waals surface area contributed by atoms with Gasteiger partial charge in [-0.25, -0.2) is 4.99 Å². The van der Waals surface area contributed by atoms with Gasteiger partial charge in [0, 0.05) is 19.5 Å². The van der Waals surface area contributed by atoms with Crippen molar-refractivity contribution in [3.8, 4) is 22.9 Å². The van der Waals surface area contributed by atoms with Gasteiger partial charge in [-0.3, -0.25) is 0 Å². The lowest BCUT2D eigenvalue weighted by atomic mass is 9.87. The van der Waals surface area contributed by atoms with Crippen LogP contribution in [0, 0.1) is 5.41 Å². The number of nitrogens with zero attached hydrogens (tertiary/aromatic N) is 6. The summed E-state index contributed by atoms with van der Waals surface area (Å²) in [6.45, 7) is 6.35. The van der Waals surface area contributed by atoms with Crippen molar-refractivity contribution in [3.63, 3.8) is 0 Å². The second kappa shape index (κ2) is 7.81. The van der Waals surface area contributed by atoms with Gasteiger partial charge in [0.05, 0.1) is 30.5 Å². The number of thiophene rings is 1. The Kier molecular flexibility index (Phi) is 5.30. The molecule has 0 saturated heterocycles. The molecule has 0 N–H and O–H groups in total. The van der Waals surface area contributed by atoms with Crippen LogP contribution >= 0.6 is 11.3 Å². The van der Waals surface area contributed by atoms with E-state index in [1.807, 2.05) is 38.4 Å². The molecule has 2 aromatic heterocycles. The number of aliphatic imine (C=N–C) groups is 1. The van der Waals surface area contributed by atoms with E-state index in [0.717, 1.165) is 27.0 Å².